The Hall–Kier alpha value is -0.780. The minimum Gasteiger partial charge on any atom is -0.352 e. The van der Waals surface area contributed by atoms with Crippen LogP contribution in [0.4, 0.5) is 0 Å². The molecule has 0 unspecified atom stereocenters. The molecule has 7 heteroatoms. The summed E-state index contributed by atoms with van der Waals surface area (Å²) < 4.78 is 22.7. The Kier molecular flexibility index (Phi) is 6.97. The Balaban J connectivity index is 2.63. The van der Waals surface area contributed by atoms with Crippen LogP contribution in [0.15, 0.2) is 23.1 Å². The van der Waals surface area contributed by atoms with E-state index in [4.69, 9.17) is 22.3 Å². The van der Waals surface area contributed by atoms with Gasteiger partial charge in [0.15, 0.2) is 0 Å². The molecular formula is C14H19Cl2NO3S. The number of rotatable bonds is 7. The van der Waals surface area contributed by atoms with Gasteiger partial charge in [-0.3, -0.25) is 4.79 Å². The summed E-state index contributed by atoms with van der Waals surface area (Å²) >= 11 is 5.77. The van der Waals surface area contributed by atoms with Gasteiger partial charge in [-0.15, -0.1) is 0 Å². The lowest BCUT2D eigenvalue weighted by atomic mass is 10.1. The quantitative estimate of drug-likeness (QED) is 0.599. The Morgan fingerprint density at radius 3 is 2.52 bits per heavy atom. The lowest BCUT2D eigenvalue weighted by Gasteiger charge is -2.08. The van der Waals surface area contributed by atoms with Gasteiger partial charge in [-0.25, -0.2) is 8.42 Å². The van der Waals surface area contributed by atoms with Gasteiger partial charge in [0.1, 0.15) is 4.90 Å². The van der Waals surface area contributed by atoms with Crippen molar-refractivity contribution in [3.8, 4) is 0 Å². The van der Waals surface area contributed by atoms with Gasteiger partial charge in [-0.05, 0) is 30.5 Å². The molecule has 0 heterocycles. The molecule has 4 nitrogen and oxygen atoms in total. The summed E-state index contributed by atoms with van der Waals surface area (Å²) in [6, 6.07) is 4.01. The van der Waals surface area contributed by atoms with Crippen molar-refractivity contribution >= 4 is 37.2 Å². The molecule has 1 N–H and O–H groups in total. The van der Waals surface area contributed by atoms with Crippen molar-refractivity contribution in [2.24, 2.45) is 5.92 Å². The zero-order valence-corrected chi connectivity index (χ0v) is 14.4. The van der Waals surface area contributed by atoms with Crippen LogP contribution in [-0.4, -0.2) is 20.9 Å². The van der Waals surface area contributed by atoms with Crippen LogP contribution in [0.5, 0.6) is 0 Å². The van der Waals surface area contributed by atoms with E-state index in [1.165, 1.54) is 18.2 Å². The highest BCUT2D eigenvalue weighted by molar-refractivity contribution is 8.13. The number of hydrogen-bond donors (Lipinski definition) is 1. The second-order valence-electron chi connectivity index (χ2n) is 5.23. The Morgan fingerprint density at radius 2 is 1.95 bits per heavy atom. The highest BCUT2D eigenvalue weighted by Crippen LogP contribution is 2.25. The van der Waals surface area contributed by atoms with Crippen molar-refractivity contribution in [3.63, 3.8) is 0 Å². The smallest absolute Gasteiger partial charge is 0.262 e. The largest absolute Gasteiger partial charge is 0.352 e. The fourth-order valence-electron chi connectivity index (χ4n) is 1.81. The van der Waals surface area contributed by atoms with E-state index in [-0.39, 0.29) is 21.4 Å². The third-order valence-electron chi connectivity index (χ3n) is 2.95. The topological polar surface area (TPSA) is 63.2 Å². The molecule has 0 bridgehead atoms. The molecule has 0 saturated heterocycles. The second kappa shape index (κ2) is 8.01. The first-order valence-electron chi connectivity index (χ1n) is 6.74. The van der Waals surface area contributed by atoms with E-state index in [0.717, 1.165) is 19.3 Å². The van der Waals surface area contributed by atoms with Crippen molar-refractivity contribution < 1.29 is 13.2 Å². The molecule has 0 spiro atoms. The Bertz CT molecular complexity index is 600. The first-order valence-corrected chi connectivity index (χ1v) is 9.43. The lowest BCUT2D eigenvalue weighted by Crippen LogP contribution is -2.24. The van der Waals surface area contributed by atoms with Gasteiger partial charge < -0.3 is 5.32 Å². The number of hydrogen-bond acceptors (Lipinski definition) is 3. The minimum absolute atomic E-state index is 0.00140. The van der Waals surface area contributed by atoms with Crippen molar-refractivity contribution in [1.82, 2.24) is 5.32 Å². The summed E-state index contributed by atoms with van der Waals surface area (Å²) in [5.41, 5.74) is 0.225. The molecule has 0 saturated carbocycles. The average Bonchev–Trinajstić information content (AvgIpc) is 2.36. The summed E-state index contributed by atoms with van der Waals surface area (Å²) in [5, 5.41) is 2.75. The van der Waals surface area contributed by atoms with Crippen LogP contribution in [-0.2, 0) is 9.05 Å². The summed E-state index contributed by atoms with van der Waals surface area (Å²) in [7, 11) is 1.30. The summed E-state index contributed by atoms with van der Waals surface area (Å²) in [4.78, 5) is 11.7. The Morgan fingerprint density at radius 1 is 1.29 bits per heavy atom. The van der Waals surface area contributed by atoms with Gasteiger partial charge in [-0.2, -0.15) is 0 Å². The molecule has 0 aliphatic heterocycles. The monoisotopic (exact) mass is 351 g/mol. The van der Waals surface area contributed by atoms with Gasteiger partial charge in [-0.1, -0.05) is 38.3 Å². The molecule has 0 radical (unpaired) electrons. The van der Waals surface area contributed by atoms with Crippen LogP contribution in [0.2, 0.25) is 5.02 Å². The van der Waals surface area contributed by atoms with E-state index in [9.17, 15) is 13.2 Å². The van der Waals surface area contributed by atoms with Gasteiger partial charge in [0.05, 0.1) is 5.02 Å². The van der Waals surface area contributed by atoms with E-state index in [0.29, 0.717) is 12.5 Å². The fourth-order valence-corrected chi connectivity index (χ4v) is 3.31. The Labute approximate surface area is 135 Å². The van der Waals surface area contributed by atoms with Gasteiger partial charge in [0.25, 0.3) is 15.0 Å². The van der Waals surface area contributed by atoms with Gasteiger partial charge in [0, 0.05) is 22.8 Å². The van der Waals surface area contributed by atoms with Crippen molar-refractivity contribution in [2.75, 3.05) is 6.54 Å². The van der Waals surface area contributed by atoms with E-state index < -0.39 is 9.05 Å². The lowest BCUT2D eigenvalue weighted by molar-refractivity contribution is 0.0952. The van der Waals surface area contributed by atoms with E-state index in [1.807, 2.05) is 0 Å². The van der Waals surface area contributed by atoms with Crippen LogP contribution in [0.3, 0.4) is 0 Å². The highest BCUT2D eigenvalue weighted by atomic mass is 35.7. The second-order valence-corrected chi connectivity index (χ2v) is 8.17. The van der Waals surface area contributed by atoms with E-state index >= 15 is 0 Å². The third-order valence-corrected chi connectivity index (χ3v) is 4.75. The normalized spacial score (nSPS) is 11.7. The number of halogens is 2. The first-order chi connectivity index (χ1) is 9.71. The molecule has 1 amide bonds. The van der Waals surface area contributed by atoms with Gasteiger partial charge >= 0.3 is 0 Å². The minimum atomic E-state index is -3.97. The van der Waals surface area contributed by atoms with E-state index in [1.54, 1.807) is 0 Å². The van der Waals surface area contributed by atoms with Crippen LogP contribution in [0.1, 0.15) is 43.5 Å². The predicted molar refractivity (Wildman–Crippen MR) is 85.5 cm³/mol. The zero-order chi connectivity index (χ0) is 16.0. The summed E-state index contributed by atoms with van der Waals surface area (Å²) in [6.07, 6.45) is 3.05. The number of amides is 1. The average molecular weight is 352 g/mol. The number of nitrogens with one attached hydrogen (secondary N) is 1. The maximum absolute atomic E-state index is 11.9. The maximum Gasteiger partial charge on any atom is 0.262 e. The SMILES string of the molecule is CC(C)CCCCNC(=O)c1ccc(Cl)c(S(=O)(=O)Cl)c1. The fraction of sp³-hybridized carbons (Fsp3) is 0.500. The first kappa shape index (κ1) is 18.3. The number of carbonyl (C=O) groups is 1. The van der Waals surface area contributed by atoms with Crippen LogP contribution < -0.4 is 5.32 Å². The molecule has 0 aliphatic rings. The number of carbonyl (C=O) groups excluding carboxylic acids is 1. The third kappa shape index (κ3) is 6.24. The molecule has 0 atom stereocenters. The molecule has 1 rings (SSSR count). The maximum atomic E-state index is 11.9. The van der Waals surface area contributed by atoms with Crippen molar-refractivity contribution in [1.29, 1.82) is 0 Å². The molecule has 21 heavy (non-hydrogen) atoms. The van der Waals surface area contributed by atoms with Crippen LogP contribution >= 0.6 is 22.3 Å². The van der Waals surface area contributed by atoms with Crippen LogP contribution in [0.25, 0.3) is 0 Å². The predicted octanol–water partition coefficient (Wildman–Crippen LogP) is 3.82. The molecule has 0 fully saturated rings. The van der Waals surface area contributed by atoms with Crippen molar-refractivity contribution in [2.45, 2.75) is 38.0 Å². The molecule has 0 aromatic heterocycles. The molecular weight excluding hydrogens is 333 g/mol. The number of benzene rings is 1. The van der Waals surface area contributed by atoms with Crippen LogP contribution in [0, 0.1) is 5.92 Å². The van der Waals surface area contributed by atoms with E-state index in [2.05, 4.69) is 19.2 Å². The zero-order valence-electron chi connectivity index (χ0n) is 12.0. The standard InChI is InChI=1S/C14H19Cl2NO3S/c1-10(2)5-3-4-8-17-14(18)11-6-7-12(15)13(9-11)21(16,19)20/h6-7,9-10H,3-5,8H2,1-2H3,(H,17,18). The highest BCUT2D eigenvalue weighted by Gasteiger charge is 2.17. The number of unbranched alkanes of at least 4 members (excludes halogenated alkanes) is 1. The summed E-state index contributed by atoms with van der Waals surface area (Å²) in [5.74, 6) is 0.311. The molecule has 1 aromatic carbocycles. The summed E-state index contributed by atoms with van der Waals surface area (Å²) in [6.45, 7) is 4.86. The molecule has 1 aromatic rings. The molecule has 118 valence electrons. The van der Waals surface area contributed by atoms with Gasteiger partial charge in [0.2, 0.25) is 0 Å². The molecule has 0 aliphatic carbocycles. The van der Waals surface area contributed by atoms with Crippen molar-refractivity contribution in [3.05, 3.63) is 28.8 Å².